The van der Waals surface area contributed by atoms with E-state index >= 15 is 0 Å². The van der Waals surface area contributed by atoms with Crippen LogP contribution in [0.25, 0.3) is 0 Å². The maximum atomic E-state index is 3.73. The Hall–Kier alpha value is -0.820. The largest absolute Gasteiger partial charge is 0.313 e. The molecule has 0 spiro atoms. The molecular weight excluding hydrogens is 194 g/mol. The molecule has 2 saturated carbocycles. The van der Waals surface area contributed by atoms with Crippen LogP contribution >= 0.6 is 0 Å². The molecule has 0 amide bonds. The maximum absolute atomic E-state index is 3.73. The number of rotatable bonds is 4. The number of hydrogen-bond acceptors (Lipinski definition) is 1. The zero-order valence-electron chi connectivity index (χ0n) is 10.1. The number of aryl methyl sites for hydroxylation is 1. The predicted molar refractivity (Wildman–Crippen MR) is 67.7 cm³/mol. The van der Waals surface area contributed by atoms with Gasteiger partial charge in [0.2, 0.25) is 0 Å². The molecule has 1 N–H and O–H groups in total. The van der Waals surface area contributed by atoms with E-state index in [2.05, 4.69) is 36.5 Å². The van der Waals surface area contributed by atoms with Gasteiger partial charge in [-0.2, -0.15) is 0 Å². The van der Waals surface area contributed by atoms with E-state index in [0.29, 0.717) is 5.41 Å². The zero-order valence-corrected chi connectivity index (χ0v) is 10.1. The van der Waals surface area contributed by atoms with Crippen LogP contribution in [0.4, 0.5) is 0 Å². The Balaban J connectivity index is 1.65. The zero-order chi connectivity index (χ0) is 11.0. The standard InChI is InChI=1S/C15H21N/c1-12-5-7-13(8-6-12)15(9-10-15)11-16-14-3-2-4-14/h5-8,14,16H,2-4,9-11H2,1H3. The van der Waals surface area contributed by atoms with Crippen molar-refractivity contribution in [2.75, 3.05) is 6.54 Å². The van der Waals surface area contributed by atoms with Gasteiger partial charge in [0.15, 0.2) is 0 Å². The van der Waals surface area contributed by atoms with E-state index in [9.17, 15) is 0 Å². The van der Waals surface area contributed by atoms with Crippen molar-refractivity contribution in [3.8, 4) is 0 Å². The molecule has 2 aliphatic carbocycles. The van der Waals surface area contributed by atoms with Crippen LogP contribution in [0.15, 0.2) is 24.3 Å². The molecule has 0 aromatic heterocycles. The summed E-state index contributed by atoms with van der Waals surface area (Å²) in [5.74, 6) is 0. The van der Waals surface area contributed by atoms with Gasteiger partial charge in [0.25, 0.3) is 0 Å². The van der Waals surface area contributed by atoms with Gasteiger partial charge in [0, 0.05) is 18.0 Å². The molecule has 0 saturated heterocycles. The van der Waals surface area contributed by atoms with Gasteiger partial charge < -0.3 is 5.32 Å². The quantitative estimate of drug-likeness (QED) is 0.813. The molecule has 0 heterocycles. The molecule has 0 unspecified atom stereocenters. The lowest BCUT2D eigenvalue weighted by molar-refractivity contribution is 0.328. The summed E-state index contributed by atoms with van der Waals surface area (Å²) in [6.07, 6.45) is 6.95. The molecule has 0 aliphatic heterocycles. The second kappa shape index (κ2) is 3.89. The molecule has 1 nitrogen and oxygen atoms in total. The SMILES string of the molecule is Cc1ccc(C2(CNC3CCC3)CC2)cc1. The monoisotopic (exact) mass is 215 g/mol. The van der Waals surface area contributed by atoms with Crippen LogP contribution in [0.3, 0.4) is 0 Å². The first kappa shape index (κ1) is 10.3. The van der Waals surface area contributed by atoms with Crippen LogP contribution in [-0.2, 0) is 5.41 Å². The highest BCUT2D eigenvalue weighted by Crippen LogP contribution is 2.47. The van der Waals surface area contributed by atoms with E-state index in [1.807, 2.05) is 0 Å². The Labute approximate surface area is 98.3 Å². The van der Waals surface area contributed by atoms with Crippen molar-refractivity contribution in [1.82, 2.24) is 5.32 Å². The highest BCUT2D eigenvalue weighted by Gasteiger charge is 2.44. The Morgan fingerprint density at radius 2 is 1.88 bits per heavy atom. The van der Waals surface area contributed by atoms with E-state index in [-0.39, 0.29) is 0 Å². The molecule has 3 rings (SSSR count). The fourth-order valence-electron chi connectivity index (χ4n) is 2.58. The molecule has 1 aromatic carbocycles. The summed E-state index contributed by atoms with van der Waals surface area (Å²) in [6.45, 7) is 3.36. The van der Waals surface area contributed by atoms with E-state index in [4.69, 9.17) is 0 Å². The summed E-state index contributed by atoms with van der Waals surface area (Å²) in [4.78, 5) is 0. The third kappa shape index (κ3) is 1.89. The third-order valence-corrected chi connectivity index (χ3v) is 4.35. The summed E-state index contributed by atoms with van der Waals surface area (Å²) < 4.78 is 0. The lowest BCUT2D eigenvalue weighted by Gasteiger charge is -2.29. The minimum absolute atomic E-state index is 0.489. The first-order valence-electron chi connectivity index (χ1n) is 6.59. The van der Waals surface area contributed by atoms with Gasteiger partial charge in [0.05, 0.1) is 0 Å². The van der Waals surface area contributed by atoms with Gasteiger partial charge in [-0.25, -0.2) is 0 Å². The topological polar surface area (TPSA) is 12.0 Å². The van der Waals surface area contributed by atoms with Gasteiger partial charge >= 0.3 is 0 Å². The van der Waals surface area contributed by atoms with Crippen molar-refractivity contribution >= 4 is 0 Å². The molecular formula is C15H21N. The molecule has 0 atom stereocenters. The summed E-state index contributed by atoms with van der Waals surface area (Å²) in [5.41, 5.74) is 3.40. The fraction of sp³-hybridized carbons (Fsp3) is 0.600. The van der Waals surface area contributed by atoms with Crippen molar-refractivity contribution in [3.63, 3.8) is 0 Å². The summed E-state index contributed by atoms with van der Waals surface area (Å²) in [6, 6.07) is 9.97. The minimum Gasteiger partial charge on any atom is -0.313 e. The summed E-state index contributed by atoms with van der Waals surface area (Å²) in [5, 5.41) is 3.73. The van der Waals surface area contributed by atoms with Crippen LogP contribution in [0, 0.1) is 6.92 Å². The van der Waals surface area contributed by atoms with E-state index in [0.717, 1.165) is 6.04 Å². The Kier molecular flexibility index (Phi) is 2.51. The molecule has 2 aliphatic rings. The molecule has 2 fully saturated rings. The van der Waals surface area contributed by atoms with Gasteiger partial charge in [-0.1, -0.05) is 36.2 Å². The normalized spacial score (nSPS) is 22.8. The second-order valence-corrected chi connectivity index (χ2v) is 5.66. The number of benzene rings is 1. The van der Waals surface area contributed by atoms with Gasteiger partial charge in [0.1, 0.15) is 0 Å². The Morgan fingerprint density at radius 3 is 2.38 bits per heavy atom. The summed E-state index contributed by atoms with van der Waals surface area (Å²) in [7, 11) is 0. The number of hydrogen-bond donors (Lipinski definition) is 1. The van der Waals surface area contributed by atoms with Crippen LogP contribution in [0.1, 0.15) is 43.2 Å². The Bertz CT molecular complexity index is 358. The molecule has 16 heavy (non-hydrogen) atoms. The first-order chi connectivity index (χ1) is 7.78. The summed E-state index contributed by atoms with van der Waals surface area (Å²) >= 11 is 0. The van der Waals surface area contributed by atoms with E-state index in [1.165, 1.54) is 44.2 Å². The van der Waals surface area contributed by atoms with Gasteiger partial charge in [-0.3, -0.25) is 0 Å². The molecule has 86 valence electrons. The van der Waals surface area contributed by atoms with Crippen LogP contribution < -0.4 is 5.32 Å². The van der Waals surface area contributed by atoms with E-state index < -0.39 is 0 Å². The average molecular weight is 215 g/mol. The highest BCUT2D eigenvalue weighted by molar-refractivity contribution is 5.34. The predicted octanol–water partition coefficient (Wildman–Crippen LogP) is 3.17. The third-order valence-electron chi connectivity index (χ3n) is 4.35. The van der Waals surface area contributed by atoms with E-state index in [1.54, 1.807) is 5.56 Å². The fourth-order valence-corrected chi connectivity index (χ4v) is 2.58. The Morgan fingerprint density at radius 1 is 1.19 bits per heavy atom. The highest BCUT2D eigenvalue weighted by atomic mass is 14.9. The van der Waals surface area contributed by atoms with Crippen molar-refractivity contribution in [2.24, 2.45) is 0 Å². The first-order valence-corrected chi connectivity index (χ1v) is 6.59. The van der Waals surface area contributed by atoms with Crippen molar-refractivity contribution in [2.45, 2.75) is 50.5 Å². The van der Waals surface area contributed by atoms with Crippen LogP contribution in [-0.4, -0.2) is 12.6 Å². The van der Waals surface area contributed by atoms with Gasteiger partial charge in [-0.15, -0.1) is 0 Å². The minimum atomic E-state index is 0.489. The molecule has 0 bridgehead atoms. The van der Waals surface area contributed by atoms with Crippen LogP contribution in [0.5, 0.6) is 0 Å². The lowest BCUT2D eigenvalue weighted by atomic mass is 9.90. The molecule has 1 heteroatoms. The second-order valence-electron chi connectivity index (χ2n) is 5.66. The molecule has 1 aromatic rings. The lowest BCUT2D eigenvalue weighted by Crippen LogP contribution is -2.39. The van der Waals surface area contributed by atoms with Crippen molar-refractivity contribution in [3.05, 3.63) is 35.4 Å². The van der Waals surface area contributed by atoms with Gasteiger partial charge in [-0.05, 0) is 38.2 Å². The van der Waals surface area contributed by atoms with Crippen molar-refractivity contribution in [1.29, 1.82) is 0 Å². The average Bonchev–Trinajstić information content (AvgIpc) is 2.98. The number of nitrogens with one attached hydrogen (secondary N) is 1. The van der Waals surface area contributed by atoms with Crippen LogP contribution in [0.2, 0.25) is 0 Å². The smallest absolute Gasteiger partial charge is 0.00785 e. The molecule has 0 radical (unpaired) electrons. The van der Waals surface area contributed by atoms with Crippen molar-refractivity contribution < 1.29 is 0 Å². The maximum Gasteiger partial charge on any atom is 0.00785 e.